The number of aliphatic hydroxyl groups is 1. The molecule has 0 aliphatic rings. The molecule has 0 bridgehead atoms. The van der Waals surface area contributed by atoms with Crippen molar-refractivity contribution in [2.45, 2.75) is 20.0 Å². The second kappa shape index (κ2) is 10.3. The van der Waals surface area contributed by atoms with Gasteiger partial charge in [0.15, 0.2) is 0 Å². The fourth-order valence-corrected chi connectivity index (χ4v) is 1.52. The molecule has 0 saturated carbocycles. The van der Waals surface area contributed by atoms with E-state index in [0.29, 0.717) is 19.0 Å². The van der Waals surface area contributed by atoms with E-state index >= 15 is 0 Å². The van der Waals surface area contributed by atoms with E-state index in [9.17, 15) is 9.90 Å². The van der Waals surface area contributed by atoms with Gasteiger partial charge in [0.05, 0.1) is 19.3 Å². The third-order valence-electron chi connectivity index (χ3n) is 2.44. The first-order valence-corrected chi connectivity index (χ1v) is 7.09. The molecular formula is C18H20O4. The van der Waals surface area contributed by atoms with Crippen molar-refractivity contribution in [1.29, 1.82) is 0 Å². The van der Waals surface area contributed by atoms with Gasteiger partial charge in [0.2, 0.25) is 0 Å². The molecule has 116 valence electrons. The standard InChI is InChI=1S/C18H20O4/c1-3-21-17(14-18(20)22-4-2)13-12-16(19)11-10-15-8-6-5-7-9-15/h5-9,12-14,16,19H,3-4H2,1-2H3/b13-12+,17-14+. The normalized spacial score (nSPS) is 12.4. The zero-order chi connectivity index (χ0) is 16.2. The number of carbonyl (C=O) groups is 1. The summed E-state index contributed by atoms with van der Waals surface area (Å²) < 4.78 is 10.1. The summed E-state index contributed by atoms with van der Waals surface area (Å²) in [6.07, 6.45) is 3.24. The second-order valence-electron chi connectivity index (χ2n) is 4.17. The molecule has 0 amide bonds. The molecule has 22 heavy (non-hydrogen) atoms. The van der Waals surface area contributed by atoms with E-state index < -0.39 is 12.1 Å². The first-order valence-electron chi connectivity index (χ1n) is 7.09. The highest BCUT2D eigenvalue weighted by atomic mass is 16.5. The van der Waals surface area contributed by atoms with Gasteiger partial charge in [0.1, 0.15) is 11.9 Å². The minimum absolute atomic E-state index is 0.295. The van der Waals surface area contributed by atoms with Crippen LogP contribution in [0.3, 0.4) is 0 Å². The SMILES string of the molecule is CCOC(=O)/C=C(\C=C\C(O)C#Cc1ccccc1)OCC. The van der Waals surface area contributed by atoms with Gasteiger partial charge in [0.25, 0.3) is 0 Å². The Morgan fingerprint density at radius 1 is 1.23 bits per heavy atom. The second-order valence-corrected chi connectivity index (χ2v) is 4.17. The first-order chi connectivity index (χ1) is 10.7. The highest BCUT2D eigenvalue weighted by Gasteiger charge is 2.01. The van der Waals surface area contributed by atoms with Gasteiger partial charge in [-0.2, -0.15) is 0 Å². The predicted molar refractivity (Wildman–Crippen MR) is 84.8 cm³/mol. The van der Waals surface area contributed by atoms with Crippen molar-refractivity contribution < 1.29 is 19.4 Å². The van der Waals surface area contributed by atoms with Crippen LogP contribution in [0.15, 0.2) is 54.3 Å². The van der Waals surface area contributed by atoms with Gasteiger partial charge in [-0.1, -0.05) is 30.0 Å². The van der Waals surface area contributed by atoms with Gasteiger partial charge in [-0.25, -0.2) is 4.79 Å². The van der Waals surface area contributed by atoms with Crippen molar-refractivity contribution in [3.63, 3.8) is 0 Å². The van der Waals surface area contributed by atoms with Gasteiger partial charge in [0, 0.05) is 5.56 Å². The van der Waals surface area contributed by atoms with Crippen LogP contribution >= 0.6 is 0 Å². The van der Waals surface area contributed by atoms with Crippen LogP contribution in [0.25, 0.3) is 0 Å². The third kappa shape index (κ3) is 7.32. The molecule has 0 saturated heterocycles. The monoisotopic (exact) mass is 300 g/mol. The fraction of sp³-hybridized carbons (Fsp3) is 0.278. The summed E-state index contributed by atoms with van der Waals surface area (Å²) >= 11 is 0. The Morgan fingerprint density at radius 3 is 2.55 bits per heavy atom. The number of hydrogen-bond donors (Lipinski definition) is 1. The van der Waals surface area contributed by atoms with Gasteiger partial charge in [-0.15, -0.1) is 0 Å². The zero-order valence-electron chi connectivity index (χ0n) is 12.8. The number of aliphatic hydroxyl groups excluding tert-OH is 1. The molecule has 1 atom stereocenters. The summed E-state index contributed by atoms with van der Waals surface area (Å²) in [5, 5.41) is 9.81. The number of allylic oxidation sites excluding steroid dienone is 1. The Hall–Kier alpha value is -2.51. The summed E-state index contributed by atoms with van der Waals surface area (Å²) in [5.74, 6) is 5.39. The Labute approximate surface area is 131 Å². The highest BCUT2D eigenvalue weighted by molar-refractivity contribution is 5.82. The molecule has 1 aromatic rings. The van der Waals surface area contributed by atoms with Crippen molar-refractivity contribution >= 4 is 5.97 Å². The van der Waals surface area contributed by atoms with Crippen LogP contribution in [0.1, 0.15) is 19.4 Å². The van der Waals surface area contributed by atoms with Crippen molar-refractivity contribution in [2.75, 3.05) is 13.2 Å². The number of carbonyl (C=O) groups excluding carboxylic acids is 1. The maximum atomic E-state index is 11.4. The molecule has 0 heterocycles. The summed E-state index contributed by atoms with van der Waals surface area (Å²) in [5.41, 5.74) is 0.821. The Bertz CT molecular complexity index is 576. The molecule has 0 fully saturated rings. The molecule has 1 N–H and O–H groups in total. The maximum absolute atomic E-state index is 11.4. The molecule has 0 aromatic heterocycles. The van der Waals surface area contributed by atoms with Gasteiger partial charge in [-0.05, 0) is 38.1 Å². The third-order valence-corrected chi connectivity index (χ3v) is 2.44. The number of rotatable bonds is 6. The lowest BCUT2D eigenvalue weighted by Crippen LogP contribution is -2.03. The average molecular weight is 300 g/mol. The van der Waals surface area contributed by atoms with Crippen LogP contribution in [0.4, 0.5) is 0 Å². The van der Waals surface area contributed by atoms with E-state index in [1.807, 2.05) is 30.3 Å². The van der Waals surface area contributed by atoms with Gasteiger partial charge >= 0.3 is 5.97 Å². The largest absolute Gasteiger partial charge is 0.494 e. The molecule has 0 aliphatic carbocycles. The van der Waals surface area contributed by atoms with E-state index in [4.69, 9.17) is 9.47 Å². The van der Waals surface area contributed by atoms with Crippen LogP contribution in [0.5, 0.6) is 0 Å². The van der Waals surface area contributed by atoms with Gasteiger partial charge < -0.3 is 14.6 Å². The van der Waals surface area contributed by atoms with Crippen LogP contribution < -0.4 is 0 Å². The lowest BCUT2D eigenvalue weighted by Gasteiger charge is -2.04. The van der Waals surface area contributed by atoms with Crippen molar-refractivity contribution in [3.8, 4) is 11.8 Å². The fourth-order valence-electron chi connectivity index (χ4n) is 1.52. The van der Waals surface area contributed by atoms with Crippen LogP contribution in [-0.4, -0.2) is 30.4 Å². The zero-order valence-corrected chi connectivity index (χ0v) is 12.8. The summed E-state index contributed by atoms with van der Waals surface area (Å²) in [6.45, 7) is 4.23. The number of esters is 1. The van der Waals surface area contributed by atoms with E-state index in [-0.39, 0.29) is 0 Å². The molecular weight excluding hydrogens is 280 g/mol. The molecule has 4 nitrogen and oxygen atoms in total. The molecule has 1 rings (SSSR count). The highest BCUT2D eigenvalue weighted by Crippen LogP contribution is 2.02. The number of benzene rings is 1. The van der Waals surface area contributed by atoms with E-state index in [1.165, 1.54) is 18.2 Å². The first kappa shape index (κ1) is 17.5. The Balaban J connectivity index is 2.70. The summed E-state index contributed by atoms with van der Waals surface area (Å²) in [6, 6.07) is 9.37. The van der Waals surface area contributed by atoms with Crippen molar-refractivity contribution in [2.24, 2.45) is 0 Å². The number of ether oxygens (including phenoxy) is 2. The molecule has 0 radical (unpaired) electrons. The van der Waals surface area contributed by atoms with E-state index in [1.54, 1.807) is 13.8 Å². The minimum atomic E-state index is -0.953. The lowest BCUT2D eigenvalue weighted by atomic mass is 10.2. The summed E-state index contributed by atoms with van der Waals surface area (Å²) in [7, 11) is 0. The number of hydrogen-bond acceptors (Lipinski definition) is 4. The predicted octanol–water partition coefficient (Wildman–Crippen LogP) is 2.44. The Morgan fingerprint density at radius 2 is 1.91 bits per heavy atom. The van der Waals surface area contributed by atoms with Crippen molar-refractivity contribution in [3.05, 3.63) is 59.9 Å². The quantitative estimate of drug-likeness (QED) is 0.288. The molecule has 0 spiro atoms. The topological polar surface area (TPSA) is 55.8 Å². The van der Waals surface area contributed by atoms with E-state index in [0.717, 1.165) is 5.56 Å². The van der Waals surface area contributed by atoms with Crippen LogP contribution in [-0.2, 0) is 14.3 Å². The molecule has 1 aromatic carbocycles. The average Bonchev–Trinajstić information content (AvgIpc) is 2.52. The molecule has 1 unspecified atom stereocenters. The summed E-state index contributed by atoms with van der Waals surface area (Å²) in [4.78, 5) is 11.4. The Kier molecular flexibility index (Phi) is 8.17. The minimum Gasteiger partial charge on any atom is -0.494 e. The maximum Gasteiger partial charge on any atom is 0.334 e. The van der Waals surface area contributed by atoms with Gasteiger partial charge in [-0.3, -0.25) is 0 Å². The van der Waals surface area contributed by atoms with Crippen LogP contribution in [0, 0.1) is 11.8 Å². The van der Waals surface area contributed by atoms with Crippen LogP contribution in [0.2, 0.25) is 0 Å². The van der Waals surface area contributed by atoms with Crippen molar-refractivity contribution in [1.82, 2.24) is 0 Å². The molecule has 0 aliphatic heterocycles. The smallest absolute Gasteiger partial charge is 0.334 e. The van der Waals surface area contributed by atoms with E-state index in [2.05, 4.69) is 11.8 Å². The molecule has 4 heteroatoms. The lowest BCUT2D eigenvalue weighted by molar-refractivity contribution is -0.137.